The lowest BCUT2D eigenvalue weighted by molar-refractivity contribution is -0.133. The Morgan fingerprint density at radius 3 is 2.11 bits per heavy atom. The number of halogens is 1. The van der Waals surface area contributed by atoms with Gasteiger partial charge < -0.3 is 14.2 Å². The van der Waals surface area contributed by atoms with Crippen LogP contribution in [0.1, 0.15) is 79.0 Å². The Morgan fingerprint density at radius 2 is 1.49 bits per heavy atom. The van der Waals surface area contributed by atoms with Gasteiger partial charge in [-0.2, -0.15) is 0 Å². The van der Waals surface area contributed by atoms with Crippen LogP contribution in [0.2, 0.25) is 0 Å². The fraction of sp³-hybridized carbons (Fsp3) is 0.419. The highest BCUT2D eigenvalue weighted by atomic mass is 19.1. The van der Waals surface area contributed by atoms with E-state index in [1.807, 2.05) is 50.2 Å². The van der Waals surface area contributed by atoms with Gasteiger partial charge in [0.2, 0.25) is 5.91 Å². The minimum atomic E-state index is -0.324. The summed E-state index contributed by atoms with van der Waals surface area (Å²) in [5, 5.41) is 0. The van der Waals surface area contributed by atoms with Crippen molar-refractivity contribution in [2.45, 2.75) is 72.4 Å². The molecule has 0 atom stereocenters. The van der Waals surface area contributed by atoms with Crippen molar-refractivity contribution in [3.63, 3.8) is 0 Å². The smallest absolute Gasteiger partial charge is 0.254 e. The van der Waals surface area contributed by atoms with Crippen LogP contribution in [0.4, 0.5) is 4.39 Å². The van der Waals surface area contributed by atoms with Gasteiger partial charge in [-0.25, -0.2) is 4.39 Å². The third-order valence-electron chi connectivity index (χ3n) is 6.41. The molecule has 0 aliphatic rings. The second-order valence-electron chi connectivity index (χ2n) is 9.62. The van der Waals surface area contributed by atoms with E-state index in [0.29, 0.717) is 24.4 Å². The zero-order chi connectivity index (χ0) is 26.6. The fourth-order valence-electron chi connectivity index (χ4n) is 4.34. The predicted molar refractivity (Wildman–Crippen MR) is 145 cm³/mol. The van der Waals surface area contributed by atoms with E-state index in [4.69, 9.17) is 4.42 Å². The Balaban J connectivity index is 1.71. The van der Waals surface area contributed by atoms with Crippen LogP contribution in [0.3, 0.4) is 0 Å². The van der Waals surface area contributed by atoms with Crippen molar-refractivity contribution in [1.82, 2.24) is 9.80 Å². The van der Waals surface area contributed by atoms with Crippen molar-refractivity contribution in [3.05, 3.63) is 94.7 Å². The van der Waals surface area contributed by atoms with Gasteiger partial charge >= 0.3 is 0 Å². The van der Waals surface area contributed by atoms with E-state index in [2.05, 4.69) is 6.92 Å². The predicted octanol–water partition coefficient (Wildman–Crippen LogP) is 6.93. The molecule has 0 N–H and O–H groups in total. The van der Waals surface area contributed by atoms with Crippen LogP contribution in [0.15, 0.2) is 65.1 Å². The first-order valence-electron chi connectivity index (χ1n) is 13.3. The number of benzene rings is 2. The monoisotopic (exact) mass is 506 g/mol. The second kappa shape index (κ2) is 14.4. The Labute approximate surface area is 220 Å². The van der Waals surface area contributed by atoms with Gasteiger partial charge in [0, 0.05) is 18.7 Å². The van der Waals surface area contributed by atoms with E-state index < -0.39 is 0 Å². The average Bonchev–Trinajstić information content (AvgIpc) is 3.31. The normalized spacial score (nSPS) is 10.9. The number of rotatable bonds is 14. The van der Waals surface area contributed by atoms with Crippen LogP contribution >= 0.6 is 0 Å². The van der Waals surface area contributed by atoms with Gasteiger partial charge in [-0.15, -0.1) is 0 Å². The number of aryl methyl sites for hydroxylation is 2. The third-order valence-corrected chi connectivity index (χ3v) is 6.41. The molecule has 2 aromatic carbocycles. The zero-order valence-electron chi connectivity index (χ0n) is 22.3. The van der Waals surface area contributed by atoms with Crippen molar-refractivity contribution in [1.29, 1.82) is 0 Å². The van der Waals surface area contributed by atoms with E-state index in [0.717, 1.165) is 30.6 Å². The molecule has 198 valence electrons. The molecule has 0 saturated heterocycles. The maximum Gasteiger partial charge on any atom is 0.254 e. The minimum Gasteiger partial charge on any atom is -0.464 e. The number of amides is 2. The van der Waals surface area contributed by atoms with Crippen LogP contribution in [0.25, 0.3) is 0 Å². The van der Waals surface area contributed by atoms with Crippen molar-refractivity contribution >= 4 is 11.8 Å². The van der Waals surface area contributed by atoms with Gasteiger partial charge in [0.1, 0.15) is 23.9 Å². The van der Waals surface area contributed by atoms with E-state index in [1.54, 1.807) is 21.9 Å². The van der Waals surface area contributed by atoms with Crippen LogP contribution in [-0.4, -0.2) is 34.7 Å². The number of unbranched alkanes of at least 4 members (excludes halogenated alkanes) is 3. The molecule has 0 fully saturated rings. The van der Waals surface area contributed by atoms with Crippen LogP contribution in [-0.2, 0) is 24.3 Å². The molecule has 0 aliphatic heterocycles. The molecule has 0 saturated carbocycles. The largest absolute Gasteiger partial charge is 0.464 e. The van der Waals surface area contributed by atoms with Crippen LogP contribution in [0, 0.1) is 12.7 Å². The highest BCUT2D eigenvalue weighted by Crippen LogP contribution is 2.16. The van der Waals surface area contributed by atoms with Gasteiger partial charge in [-0.1, -0.05) is 57.4 Å². The quantitative estimate of drug-likeness (QED) is 0.223. The number of hydrogen-bond donors (Lipinski definition) is 0. The minimum absolute atomic E-state index is 0.0354. The summed E-state index contributed by atoms with van der Waals surface area (Å²) in [6, 6.07) is 17.6. The molecule has 1 aromatic heterocycles. The maximum atomic E-state index is 13.5. The molecule has 1 heterocycles. The number of hydrogen-bond acceptors (Lipinski definition) is 3. The standard InChI is InChI=1S/C31H39FN2O3/c1-4-6-7-8-9-25-11-15-27(16-12-25)31(36)33(20-5-2)23-30(35)34(22-29-19-10-24(3)37-29)21-26-13-17-28(32)18-14-26/h10-19H,4-9,20-23H2,1-3H3. The zero-order valence-corrected chi connectivity index (χ0v) is 22.3. The Kier molecular flexibility index (Phi) is 10.9. The number of carbonyl (C=O) groups is 2. The first kappa shape index (κ1) is 28.2. The van der Waals surface area contributed by atoms with Gasteiger partial charge in [-0.3, -0.25) is 9.59 Å². The second-order valence-corrected chi connectivity index (χ2v) is 9.62. The van der Waals surface area contributed by atoms with E-state index >= 15 is 0 Å². The summed E-state index contributed by atoms with van der Waals surface area (Å²) in [5.74, 6) is 0.766. The summed E-state index contributed by atoms with van der Waals surface area (Å²) in [6.45, 7) is 7.05. The Morgan fingerprint density at radius 1 is 0.784 bits per heavy atom. The molecular formula is C31H39FN2O3. The molecule has 6 heteroatoms. The van der Waals surface area contributed by atoms with E-state index in [-0.39, 0.29) is 30.7 Å². The van der Waals surface area contributed by atoms with Crippen molar-refractivity contribution in [3.8, 4) is 0 Å². The number of furan rings is 1. The summed E-state index contributed by atoms with van der Waals surface area (Å²) >= 11 is 0. The van der Waals surface area contributed by atoms with Crippen molar-refractivity contribution < 1.29 is 18.4 Å². The van der Waals surface area contributed by atoms with Crippen molar-refractivity contribution in [2.75, 3.05) is 13.1 Å². The Hall–Kier alpha value is -3.41. The lowest BCUT2D eigenvalue weighted by Gasteiger charge is -2.27. The highest BCUT2D eigenvalue weighted by Gasteiger charge is 2.23. The molecule has 0 bridgehead atoms. The molecule has 0 radical (unpaired) electrons. The first-order chi connectivity index (χ1) is 17.9. The van der Waals surface area contributed by atoms with Gasteiger partial charge in [-0.05, 0) is 73.7 Å². The van der Waals surface area contributed by atoms with Crippen LogP contribution in [0.5, 0.6) is 0 Å². The SMILES string of the molecule is CCCCCCc1ccc(C(=O)N(CCC)CC(=O)N(Cc2ccc(F)cc2)Cc2ccc(C)o2)cc1. The molecule has 0 aliphatic carbocycles. The van der Waals surface area contributed by atoms with Crippen LogP contribution < -0.4 is 0 Å². The molecular weight excluding hydrogens is 467 g/mol. The first-order valence-corrected chi connectivity index (χ1v) is 13.3. The van der Waals surface area contributed by atoms with E-state index in [1.165, 1.54) is 37.0 Å². The highest BCUT2D eigenvalue weighted by molar-refractivity contribution is 5.96. The molecule has 37 heavy (non-hydrogen) atoms. The summed E-state index contributed by atoms with van der Waals surface area (Å²) in [6.07, 6.45) is 6.57. The molecule has 3 rings (SSSR count). The lowest BCUT2D eigenvalue weighted by Crippen LogP contribution is -2.42. The van der Waals surface area contributed by atoms with Crippen molar-refractivity contribution in [2.24, 2.45) is 0 Å². The third kappa shape index (κ3) is 8.88. The van der Waals surface area contributed by atoms with E-state index in [9.17, 15) is 14.0 Å². The molecule has 5 nitrogen and oxygen atoms in total. The number of nitrogens with zero attached hydrogens (tertiary/aromatic N) is 2. The summed E-state index contributed by atoms with van der Waals surface area (Å²) < 4.78 is 19.1. The molecule has 0 spiro atoms. The lowest BCUT2D eigenvalue weighted by atomic mass is 10.0. The summed E-state index contributed by atoms with van der Waals surface area (Å²) in [4.78, 5) is 30.1. The maximum absolute atomic E-state index is 13.5. The number of carbonyl (C=O) groups excluding carboxylic acids is 2. The van der Waals surface area contributed by atoms with Gasteiger partial charge in [0.15, 0.2) is 0 Å². The van der Waals surface area contributed by atoms with Gasteiger partial charge in [0.05, 0.1) is 6.54 Å². The molecule has 3 aromatic rings. The summed E-state index contributed by atoms with van der Waals surface area (Å²) in [5.41, 5.74) is 2.62. The molecule has 2 amide bonds. The fourth-order valence-corrected chi connectivity index (χ4v) is 4.34. The Bertz CT molecular complexity index is 1120. The topological polar surface area (TPSA) is 53.8 Å². The van der Waals surface area contributed by atoms with Gasteiger partial charge in [0.25, 0.3) is 5.91 Å². The summed E-state index contributed by atoms with van der Waals surface area (Å²) in [7, 11) is 0. The average molecular weight is 507 g/mol. The molecule has 0 unspecified atom stereocenters.